The molecule has 0 aliphatic carbocycles. The molecule has 0 amide bonds. The van der Waals surface area contributed by atoms with Crippen LogP contribution in [-0.4, -0.2) is 23.3 Å². The molecule has 0 spiro atoms. The van der Waals surface area contributed by atoms with Crippen molar-refractivity contribution in [3.05, 3.63) is 27.2 Å². The summed E-state index contributed by atoms with van der Waals surface area (Å²) in [4.78, 5) is 22.3. The Morgan fingerprint density at radius 2 is 2.08 bits per heavy atom. The molecular formula is C8H10N2O3. The molecule has 0 fully saturated rings. The number of hydrogen-bond donors (Lipinski definition) is 1. The van der Waals surface area contributed by atoms with E-state index < -0.39 is 11.5 Å². The lowest BCUT2D eigenvalue weighted by Gasteiger charge is -2.03. The molecule has 0 atom stereocenters. The minimum absolute atomic E-state index is 0.0231. The molecule has 5 heteroatoms. The number of methoxy groups -OCH3 is 1. The van der Waals surface area contributed by atoms with E-state index in [-0.39, 0.29) is 5.56 Å². The number of hydrogen-bond acceptors (Lipinski definition) is 4. The van der Waals surface area contributed by atoms with E-state index in [1.165, 1.54) is 7.11 Å². The Labute approximate surface area is 74.7 Å². The molecule has 1 aromatic heterocycles. The third-order valence-electron chi connectivity index (χ3n) is 1.86. The molecule has 0 aromatic carbocycles. The van der Waals surface area contributed by atoms with Gasteiger partial charge in [-0.2, -0.15) is 5.10 Å². The van der Waals surface area contributed by atoms with Gasteiger partial charge in [0.1, 0.15) is 5.56 Å². The number of aromatic amines is 1. The van der Waals surface area contributed by atoms with Crippen LogP contribution < -0.4 is 5.56 Å². The lowest BCUT2D eigenvalue weighted by atomic mass is 10.1. The van der Waals surface area contributed by atoms with Crippen LogP contribution in [0, 0.1) is 13.8 Å². The summed E-state index contributed by atoms with van der Waals surface area (Å²) >= 11 is 0. The van der Waals surface area contributed by atoms with Crippen molar-refractivity contribution < 1.29 is 9.53 Å². The molecule has 0 unspecified atom stereocenters. The summed E-state index contributed by atoms with van der Waals surface area (Å²) in [6, 6.07) is 0. The van der Waals surface area contributed by atoms with Crippen LogP contribution >= 0.6 is 0 Å². The van der Waals surface area contributed by atoms with E-state index >= 15 is 0 Å². The minimum Gasteiger partial charge on any atom is -0.465 e. The molecule has 1 N–H and O–H groups in total. The maximum Gasteiger partial charge on any atom is 0.343 e. The number of rotatable bonds is 1. The zero-order valence-corrected chi connectivity index (χ0v) is 7.67. The lowest BCUT2D eigenvalue weighted by molar-refractivity contribution is 0.0597. The summed E-state index contributed by atoms with van der Waals surface area (Å²) in [5, 5.41) is 5.93. The van der Waals surface area contributed by atoms with Crippen molar-refractivity contribution in [1.82, 2.24) is 10.2 Å². The van der Waals surface area contributed by atoms with Gasteiger partial charge < -0.3 is 4.74 Å². The second-order valence-corrected chi connectivity index (χ2v) is 2.63. The molecule has 0 aliphatic rings. The maximum absolute atomic E-state index is 11.2. The van der Waals surface area contributed by atoms with Gasteiger partial charge in [-0.3, -0.25) is 4.79 Å². The van der Waals surface area contributed by atoms with Gasteiger partial charge in [-0.15, -0.1) is 0 Å². The standard InChI is InChI=1S/C8H10N2O3/c1-4-5(2)9-10-7(11)6(4)8(12)13-3/h1-3H3,(H,10,11). The molecule has 0 radical (unpaired) electrons. The van der Waals surface area contributed by atoms with Crippen LogP contribution in [0.5, 0.6) is 0 Å². The maximum atomic E-state index is 11.2. The highest BCUT2D eigenvalue weighted by Crippen LogP contribution is 2.05. The first-order chi connectivity index (χ1) is 6.07. The molecule has 70 valence electrons. The Morgan fingerprint density at radius 1 is 1.46 bits per heavy atom. The smallest absolute Gasteiger partial charge is 0.343 e. The number of carbonyl (C=O) groups is 1. The Bertz CT molecular complexity index is 395. The molecule has 0 saturated carbocycles. The van der Waals surface area contributed by atoms with Gasteiger partial charge in [-0.25, -0.2) is 9.89 Å². The lowest BCUT2D eigenvalue weighted by Crippen LogP contribution is -2.22. The van der Waals surface area contributed by atoms with E-state index in [0.717, 1.165) is 0 Å². The van der Waals surface area contributed by atoms with Gasteiger partial charge in [0, 0.05) is 0 Å². The van der Waals surface area contributed by atoms with E-state index in [1.807, 2.05) is 0 Å². The van der Waals surface area contributed by atoms with Crippen molar-refractivity contribution in [1.29, 1.82) is 0 Å². The van der Waals surface area contributed by atoms with Gasteiger partial charge in [-0.1, -0.05) is 0 Å². The quantitative estimate of drug-likeness (QED) is 0.628. The molecule has 13 heavy (non-hydrogen) atoms. The number of H-pyrrole nitrogens is 1. The largest absolute Gasteiger partial charge is 0.465 e. The van der Waals surface area contributed by atoms with Gasteiger partial charge >= 0.3 is 5.97 Å². The zero-order valence-electron chi connectivity index (χ0n) is 7.67. The van der Waals surface area contributed by atoms with Crippen molar-refractivity contribution in [2.75, 3.05) is 7.11 Å². The van der Waals surface area contributed by atoms with Crippen LogP contribution in [0.1, 0.15) is 21.6 Å². The van der Waals surface area contributed by atoms with E-state index in [1.54, 1.807) is 13.8 Å². The highest BCUT2D eigenvalue weighted by molar-refractivity contribution is 5.90. The first-order valence-corrected chi connectivity index (χ1v) is 3.72. The van der Waals surface area contributed by atoms with Crippen LogP contribution in [-0.2, 0) is 4.74 Å². The number of ether oxygens (including phenoxy) is 1. The Kier molecular flexibility index (Phi) is 2.46. The number of nitrogens with one attached hydrogen (secondary N) is 1. The van der Waals surface area contributed by atoms with Crippen molar-refractivity contribution in [3.63, 3.8) is 0 Å². The average molecular weight is 182 g/mol. The van der Waals surface area contributed by atoms with Gasteiger partial charge in [-0.05, 0) is 19.4 Å². The van der Waals surface area contributed by atoms with E-state index in [4.69, 9.17) is 0 Å². The zero-order chi connectivity index (χ0) is 10.0. The SMILES string of the molecule is COC(=O)c1c(C)c(C)n[nH]c1=O. The van der Waals surface area contributed by atoms with Gasteiger partial charge in [0.15, 0.2) is 0 Å². The van der Waals surface area contributed by atoms with Gasteiger partial charge in [0.25, 0.3) is 5.56 Å². The number of carbonyl (C=O) groups excluding carboxylic acids is 1. The third-order valence-corrected chi connectivity index (χ3v) is 1.86. The number of aromatic nitrogens is 2. The van der Waals surface area contributed by atoms with E-state index in [9.17, 15) is 9.59 Å². The summed E-state index contributed by atoms with van der Waals surface area (Å²) in [6.07, 6.45) is 0. The van der Waals surface area contributed by atoms with E-state index in [2.05, 4.69) is 14.9 Å². The summed E-state index contributed by atoms with van der Waals surface area (Å²) in [5.74, 6) is -0.635. The second-order valence-electron chi connectivity index (χ2n) is 2.63. The Balaban J connectivity index is 3.42. The Hall–Kier alpha value is -1.65. The Morgan fingerprint density at radius 3 is 2.62 bits per heavy atom. The van der Waals surface area contributed by atoms with Crippen LogP contribution in [0.25, 0.3) is 0 Å². The summed E-state index contributed by atoms with van der Waals surface area (Å²) in [5.41, 5.74) is 0.667. The molecule has 1 aromatic rings. The van der Waals surface area contributed by atoms with Gasteiger partial charge in [0.2, 0.25) is 0 Å². The van der Waals surface area contributed by atoms with Crippen LogP contribution in [0.2, 0.25) is 0 Å². The fourth-order valence-electron chi connectivity index (χ4n) is 0.973. The monoisotopic (exact) mass is 182 g/mol. The first kappa shape index (κ1) is 9.44. The molecule has 5 nitrogen and oxygen atoms in total. The van der Waals surface area contributed by atoms with Crippen LogP contribution in [0.3, 0.4) is 0 Å². The number of nitrogens with zero attached hydrogens (tertiary/aromatic N) is 1. The molecule has 1 rings (SSSR count). The minimum atomic E-state index is -0.635. The fraction of sp³-hybridized carbons (Fsp3) is 0.375. The van der Waals surface area contributed by atoms with Crippen molar-refractivity contribution in [2.24, 2.45) is 0 Å². The van der Waals surface area contributed by atoms with Crippen molar-refractivity contribution >= 4 is 5.97 Å². The predicted molar refractivity (Wildman–Crippen MR) is 45.7 cm³/mol. The fourth-order valence-corrected chi connectivity index (χ4v) is 0.973. The van der Waals surface area contributed by atoms with E-state index in [0.29, 0.717) is 11.3 Å². The number of esters is 1. The molecule has 1 heterocycles. The average Bonchev–Trinajstić information content (AvgIpc) is 2.12. The van der Waals surface area contributed by atoms with Crippen molar-refractivity contribution in [3.8, 4) is 0 Å². The topological polar surface area (TPSA) is 72.0 Å². The van der Waals surface area contributed by atoms with Crippen LogP contribution in [0.4, 0.5) is 0 Å². The molecule has 0 aliphatic heterocycles. The predicted octanol–water partition coefficient (Wildman–Crippen LogP) is 0.173. The van der Waals surface area contributed by atoms with Gasteiger partial charge in [0.05, 0.1) is 12.8 Å². The molecule has 0 saturated heterocycles. The van der Waals surface area contributed by atoms with Crippen LogP contribution in [0.15, 0.2) is 4.79 Å². The summed E-state index contributed by atoms with van der Waals surface area (Å²) < 4.78 is 4.47. The normalized spacial score (nSPS) is 9.77. The molecule has 0 bridgehead atoms. The highest BCUT2D eigenvalue weighted by Gasteiger charge is 2.15. The second kappa shape index (κ2) is 3.38. The van der Waals surface area contributed by atoms with Crippen molar-refractivity contribution in [2.45, 2.75) is 13.8 Å². The number of aryl methyl sites for hydroxylation is 1. The highest BCUT2D eigenvalue weighted by atomic mass is 16.5. The summed E-state index contributed by atoms with van der Waals surface area (Å²) in [7, 11) is 1.23. The first-order valence-electron chi connectivity index (χ1n) is 3.72. The molecular weight excluding hydrogens is 172 g/mol. The third kappa shape index (κ3) is 1.58. The summed E-state index contributed by atoms with van der Waals surface area (Å²) in [6.45, 7) is 3.36.